The molecule has 2 aromatic heterocycles. The zero-order valence-electron chi connectivity index (χ0n) is 11.1. The fourth-order valence-corrected chi connectivity index (χ4v) is 2.28. The summed E-state index contributed by atoms with van der Waals surface area (Å²) in [6, 6.07) is 8.03. The van der Waals surface area contributed by atoms with Crippen LogP contribution in [-0.4, -0.2) is 25.5 Å². The highest BCUT2D eigenvalue weighted by Crippen LogP contribution is 2.23. The standard InChI is InChI=1S/C14H14N4O/c1-9-6-4-5-7-11(9)13-16-18-12(8-19)10(2)15-14(18)17(13)3/h4-8H,1-3H3. The van der Waals surface area contributed by atoms with Crippen LogP contribution in [0.5, 0.6) is 0 Å². The van der Waals surface area contributed by atoms with Crippen LogP contribution in [0.25, 0.3) is 17.2 Å². The SMILES string of the molecule is Cc1ccccc1-c1nn2c(C=O)c(C)nc2n1C. The monoisotopic (exact) mass is 254 g/mol. The molecule has 0 aliphatic heterocycles. The van der Waals surface area contributed by atoms with Crippen LogP contribution in [-0.2, 0) is 7.05 Å². The third-order valence-electron chi connectivity index (χ3n) is 3.37. The normalized spacial score (nSPS) is 11.1. The molecule has 5 heteroatoms. The average molecular weight is 254 g/mol. The van der Waals surface area contributed by atoms with Crippen molar-refractivity contribution in [3.8, 4) is 11.4 Å². The molecule has 0 fully saturated rings. The maximum Gasteiger partial charge on any atom is 0.233 e. The van der Waals surface area contributed by atoms with Crippen molar-refractivity contribution in [3.63, 3.8) is 0 Å². The molecule has 96 valence electrons. The van der Waals surface area contributed by atoms with Gasteiger partial charge in [-0.1, -0.05) is 24.3 Å². The van der Waals surface area contributed by atoms with E-state index in [2.05, 4.69) is 10.1 Å². The van der Waals surface area contributed by atoms with Crippen molar-refractivity contribution in [2.75, 3.05) is 0 Å². The molecule has 0 bridgehead atoms. The number of carbonyl (C=O) groups excluding carboxylic acids is 1. The van der Waals surface area contributed by atoms with E-state index in [1.807, 2.05) is 49.7 Å². The van der Waals surface area contributed by atoms with Crippen LogP contribution in [0.1, 0.15) is 21.7 Å². The van der Waals surface area contributed by atoms with E-state index in [9.17, 15) is 4.79 Å². The number of fused-ring (bicyclic) bond motifs is 1. The van der Waals surface area contributed by atoms with Crippen molar-refractivity contribution in [2.24, 2.45) is 7.05 Å². The molecule has 0 atom stereocenters. The first kappa shape index (κ1) is 11.6. The molecule has 0 radical (unpaired) electrons. The van der Waals surface area contributed by atoms with Gasteiger partial charge in [0.2, 0.25) is 5.78 Å². The first-order chi connectivity index (χ1) is 9.13. The van der Waals surface area contributed by atoms with Crippen LogP contribution >= 0.6 is 0 Å². The number of hydrogen-bond donors (Lipinski definition) is 0. The summed E-state index contributed by atoms with van der Waals surface area (Å²) < 4.78 is 3.51. The summed E-state index contributed by atoms with van der Waals surface area (Å²) in [7, 11) is 1.91. The molecule has 3 aromatic rings. The van der Waals surface area contributed by atoms with Gasteiger partial charge in [0.05, 0.1) is 5.69 Å². The van der Waals surface area contributed by atoms with Crippen LogP contribution < -0.4 is 0 Å². The van der Waals surface area contributed by atoms with E-state index < -0.39 is 0 Å². The Labute approximate surface area is 110 Å². The number of aryl methyl sites for hydroxylation is 3. The lowest BCUT2D eigenvalue weighted by molar-refractivity contribution is 0.111. The number of aromatic nitrogens is 4. The maximum absolute atomic E-state index is 11.1. The number of rotatable bonds is 2. The number of carbonyl (C=O) groups is 1. The topological polar surface area (TPSA) is 52.2 Å². The van der Waals surface area contributed by atoms with Gasteiger partial charge in [-0.05, 0) is 19.4 Å². The third kappa shape index (κ3) is 1.58. The van der Waals surface area contributed by atoms with Crippen molar-refractivity contribution in [2.45, 2.75) is 13.8 Å². The zero-order valence-corrected chi connectivity index (χ0v) is 11.1. The van der Waals surface area contributed by atoms with Crippen LogP contribution in [0.4, 0.5) is 0 Å². The second-order valence-electron chi connectivity index (χ2n) is 4.61. The minimum atomic E-state index is 0.505. The van der Waals surface area contributed by atoms with E-state index in [1.165, 1.54) is 0 Å². The van der Waals surface area contributed by atoms with Crippen LogP contribution in [0.2, 0.25) is 0 Å². The van der Waals surface area contributed by atoms with Crippen molar-refractivity contribution < 1.29 is 4.79 Å². The van der Waals surface area contributed by atoms with E-state index in [0.717, 1.165) is 23.2 Å². The predicted octanol–water partition coefficient (Wildman–Crippen LogP) is 2.16. The van der Waals surface area contributed by atoms with Crippen molar-refractivity contribution >= 4 is 12.1 Å². The summed E-state index contributed by atoms with van der Waals surface area (Å²) in [5.41, 5.74) is 3.39. The van der Waals surface area contributed by atoms with Gasteiger partial charge < -0.3 is 0 Å². The van der Waals surface area contributed by atoms with E-state index in [4.69, 9.17) is 0 Å². The first-order valence-electron chi connectivity index (χ1n) is 6.06. The Bertz CT molecular complexity index is 782. The second-order valence-corrected chi connectivity index (χ2v) is 4.61. The fraction of sp³-hybridized carbons (Fsp3) is 0.214. The molecule has 0 saturated heterocycles. The minimum Gasteiger partial charge on any atom is -0.296 e. The van der Waals surface area contributed by atoms with Gasteiger partial charge in [0, 0.05) is 12.6 Å². The van der Waals surface area contributed by atoms with E-state index in [1.54, 1.807) is 4.52 Å². The number of aldehydes is 1. The molecule has 0 aliphatic carbocycles. The smallest absolute Gasteiger partial charge is 0.233 e. The van der Waals surface area contributed by atoms with Gasteiger partial charge in [-0.15, -0.1) is 5.10 Å². The largest absolute Gasteiger partial charge is 0.296 e. The van der Waals surface area contributed by atoms with Gasteiger partial charge in [0.15, 0.2) is 12.1 Å². The molecular formula is C14H14N4O. The van der Waals surface area contributed by atoms with Crippen molar-refractivity contribution in [1.82, 2.24) is 19.2 Å². The maximum atomic E-state index is 11.1. The summed E-state index contributed by atoms with van der Waals surface area (Å²) >= 11 is 0. The highest BCUT2D eigenvalue weighted by atomic mass is 16.1. The van der Waals surface area contributed by atoms with E-state index in [0.29, 0.717) is 17.2 Å². The fourth-order valence-electron chi connectivity index (χ4n) is 2.28. The second kappa shape index (κ2) is 4.05. The summed E-state index contributed by atoms with van der Waals surface area (Å²) in [5, 5.41) is 4.52. The lowest BCUT2D eigenvalue weighted by Gasteiger charge is -2.03. The summed E-state index contributed by atoms with van der Waals surface area (Å²) in [6.07, 6.45) is 0.796. The number of hydrogen-bond acceptors (Lipinski definition) is 3. The minimum absolute atomic E-state index is 0.505. The Morgan fingerprint density at radius 1 is 1.21 bits per heavy atom. The Morgan fingerprint density at radius 3 is 2.63 bits per heavy atom. The van der Waals surface area contributed by atoms with Gasteiger partial charge in [-0.2, -0.15) is 4.52 Å². The zero-order chi connectivity index (χ0) is 13.6. The lowest BCUT2D eigenvalue weighted by Crippen LogP contribution is -1.96. The molecule has 3 rings (SSSR count). The van der Waals surface area contributed by atoms with Crippen molar-refractivity contribution in [1.29, 1.82) is 0 Å². The molecule has 0 aliphatic rings. The van der Waals surface area contributed by atoms with E-state index >= 15 is 0 Å². The summed E-state index contributed by atoms with van der Waals surface area (Å²) in [5.74, 6) is 1.49. The van der Waals surface area contributed by atoms with Gasteiger partial charge >= 0.3 is 0 Å². The molecule has 0 N–H and O–H groups in total. The summed E-state index contributed by atoms with van der Waals surface area (Å²) in [4.78, 5) is 15.5. The molecule has 0 unspecified atom stereocenters. The molecule has 1 aromatic carbocycles. The Balaban J connectivity index is 2.32. The predicted molar refractivity (Wildman–Crippen MR) is 72.3 cm³/mol. The molecular weight excluding hydrogens is 240 g/mol. The molecule has 5 nitrogen and oxygen atoms in total. The average Bonchev–Trinajstić information content (AvgIpc) is 2.87. The molecule has 2 heterocycles. The first-order valence-corrected chi connectivity index (χ1v) is 6.06. The number of nitrogens with zero attached hydrogens (tertiary/aromatic N) is 4. The number of benzene rings is 1. The lowest BCUT2D eigenvalue weighted by atomic mass is 10.1. The molecule has 0 amide bonds. The van der Waals surface area contributed by atoms with Crippen LogP contribution in [0.3, 0.4) is 0 Å². The van der Waals surface area contributed by atoms with Crippen molar-refractivity contribution in [3.05, 3.63) is 41.2 Å². The Morgan fingerprint density at radius 2 is 1.95 bits per heavy atom. The third-order valence-corrected chi connectivity index (χ3v) is 3.37. The molecule has 0 spiro atoms. The van der Waals surface area contributed by atoms with Crippen LogP contribution in [0, 0.1) is 13.8 Å². The van der Waals surface area contributed by atoms with Gasteiger partial charge in [0.1, 0.15) is 5.69 Å². The van der Waals surface area contributed by atoms with Gasteiger partial charge in [-0.25, -0.2) is 4.98 Å². The van der Waals surface area contributed by atoms with Gasteiger partial charge in [-0.3, -0.25) is 9.36 Å². The highest BCUT2D eigenvalue weighted by molar-refractivity contribution is 5.76. The molecule has 19 heavy (non-hydrogen) atoms. The molecule has 0 saturated carbocycles. The Kier molecular flexibility index (Phi) is 2.48. The summed E-state index contributed by atoms with van der Waals surface area (Å²) in [6.45, 7) is 3.85. The van der Waals surface area contributed by atoms with Gasteiger partial charge in [0.25, 0.3) is 0 Å². The number of imidazole rings is 1. The quantitative estimate of drug-likeness (QED) is 0.658. The Hall–Kier alpha value is -2.43. The van der Waals surface area contributed by atoms with Crippen LogP contribution in [0.15, 0.2) is 24.3 Å². The highest BCUT2D eigenvalue weighted by Gasteiger charge is 2.17. The van der Waals surface area contributed by atoms with E-state index in [-0.39, 0.29) is 0 Å².